The SMILES string of the molecule is O=C(OCC(Cl)(Cl)Cl)O[C@@H]1CS[C@@H](COC(=O)c2ccccc2)O1. The Kier molecular flexibility index (Phi) is 7.31. The van der Waals surface area contributed by atoms with Crippen LogP contribution in [0.5, 0.6) is 0 Å². The maximum absolute atomic E-state index is 11.8. The summed E-state index contributed by atoms with van der Waals surface area (Å²) in [6, 6.07) is 8.58. The van der Waals surface area contributed by atoms with Crippen LogP contribution in [-0.4, -0.2) is 46.6 Å². The molecule has 0 saturated carbocycles. The molecule has 0 aliphatic carbocycles. The number of carbonyl (C=O) groups excluding carboxylic acids is 2. The molecule has 24 heavy (non-hydrogen) atoms. The second kappa shape index (κ2) is 9.01. The Labute approximate surface area is 157 Å². The molecule has 0 radical (unpaired) electrons. The molecule has 10 heteroatoms. The highest BCUT2D eigenvalue weighted by Crippen LogP contribution is 2.28. The van der Waals surface area contributed by atoms with Crippen molar-refractivity contribution in [3.8, 4) is 0 Å². The Bertz CT molecular complexity index is 565. The number of esters is 1. The van der Waals surface area contributed by atoms with Crippen molar-refractivity contribution in [2.24, 2.45) is 0 Å². The Morgan fingerprint density at radius 2 is 1.92 bits per heavy atom. The van der Waals surface area contributed by atoms with Crippen molar-refractivity contribution < 1.29 is 28.5 Å². The number of hydrogen-bond acceptors (Lipinski definition) is 7. The molecule has 0 amide bonds. The topological polar surface area (TPSA) is 71.1 Å². The van der Waals surface area contributed by atoms with Crippen LogP contribution in [0, 0.1) is 0 Å². The number of hydrogen-bond donors (Lipinski definition) is 0. The number of carbonyl (C=O) groups is 2. The summed E-state index contributed by atoms with van der Waals surface area (Å²) in [4.78, 5) is 23.2. The van der Waals surface area contributed by atoms with E-state index in [0.717, 1.165) is 0 Å². The van der Waals surface area contributed by atoms with Gasteiger partial charge in [0.15, 0.2) is 0 Å². The van der Waals surface area contributed by atoms with Gasteiger partial charge < -0.3 is 18.9 Å². The van der Waals surface area contributed by atoms with Crippen LogP contribution in [0.15, 0.2) is 30.3 Å². The van der Waals surface area contributed by atoms with Crippen LogP contribution in [0.2, 0.25) is 0 Å². The minimum absolute atomic E-state index is 0.0292. The normalized spacial score (nSPS) is 20.5. The zero-order valence-electron chi connectivity index (χ0n) is 12.2. The summed E-state index contributed by atoms with van der Waals surface area (Å²) < 4.78 is 18.4. The van der Waals surface area contributed by atoms with E-state index in [0.29, 0.717) is 11.3 Å². The second-order valence-corrected chi connectivity index (χ2v) is 8.27. The van der Waals surface area contributed by atoms with Crippen LogP contribution in [0.3, 0.4) is 0 Å². The molecule has 1 aromatic rings. The van der Waals surface area contributed by atoms with Crippen molar-refractivity contribution in [3.63, 3.8) is 0 Å². The van der Waals surface area contributed by atoms with Crippen molar-refractivity contribution in [2.75, 3.05) is 19.0 Å². The van der Waals surface area contributed by atoms with Gasteiger partial charge in [0.2, 0.25) is 10.1 Å². The summed E-state index contributed by atoms with van der Waals surface area (Å²) in [7, 11) is 0. The summed E-state index contributed by atoms with van der Waals surface area (Å²) in [5.74, 6) is -0.0811. The molecule has 1 aliphatic heterocycles. The monoisotopic (exact) mass is 414 g/mol. The van der Waals surface area contributed by atoms with Gasteiger partial charge in [0.25, 0.3) is 0 Å². The molecule has 2 atom stereocenters. The van der Waals surface area contributed by atoms with Crippen LogP contribution < -0.4 is 0 Å². The molecule has 0 unspecified atom stereocenters. The number of thioether (sulfide) groups is 1. The Balaban J connectivity index is 1.68. The lowest BCUT2D eigenvalue weighted by Gasteiger charge is -2.15. The van der Waals surface area contributed by atoms with Gasteiger partial charge in [-0.1, -0.05) is 53.0 Å². The molecule has 6 nitrogen and oxygen atoms in total. The molecule has 1 fully saturated rings. The number of alkyl halides is 3. The molecule has 1 heterocycles. The smallest absolute Gasteiger partial charge is 0.458 e. The van der Waals surface area contributed by atoms with Crippen LogP contribution in [-0.2, 0) is 18.9 Å². The van der Waals surface area contributed by atoms with Crippen molar-refractivity contribution >= 4 is 58.7 Å². The molecule has 1 aromatic carbocycles. The third-order valence-electron chi connectivity index (χ3n) is 2.66. The van der Waals surface area contributed by atoms with E-state index in [1.54, 1.807) is 30.3 Å². The number of ether oxygens (including phenoxy) is 4. The van der Waals surface area contributed by atoms with Gasteiger partial charge in [-0.15, -0.1) is 11.8 Å². The van der Waals surface area contributed by atoms with Gasteiger partial charge >= 0.3 is 12.1 Å². The van der Waals surface area contributed by atoms with Crippen molar-refractivity contribution in [1.29, 1.82) is 0 Å². The van der Waals surface area contributed by atoms with Gasteiger partial charge in [-0.25, -0.2) is 9.59 Å². The number of halogens is 3. The zero-order valence-corrected chi connectivity index (χ0v) is 15.2. The predicted molar refractivity (Wildman–Crippen MR) is 90.6 cm³/mol. The van der Waals surface area contributed by atoms with Gasteiger partial charge in [-0.2, -0.15) is 0 Å². The highest BCUT2D eigenvalue weighted by Gasteiger charge is 2.31. The lowest BCUT2D eigenvalue weighted by Crippen LogP contribution is -2.25. The Morgan fingerprint density at radius 3 is 2.58 bits per heavy atom. The average molecular weight is 416 g/mol. The van der Waals surface area contributed by atoms with Crippen LogP contribution in [0.25, 0.3) is 0 Å². The zero-order chi connectivity index (χ0) is 17.6. The molecule has 0 spiro atoms. The fourth-order valence-corrected chi connectivity index (χ4v) is 2.72. The van der Waals surface area contributed by atoms with E-state index < -0.39 is 34.3 Å². The lowest BCUT2D eigenvalue weighted by atomic mass is 10.2. The minimum atomic E-state index is -1.71. The summed E-state index contributed by atoms with van der Waals surface area (Å²) in [6.45, 7) is -0.407. The third-order valence-corrected chi connectivity index (χ3v) is 4.07. The van der Waals surface area contributed by atoms with Gasteiger partial charge in [-0.05, 0) is 12.1 Å². The maximum atomic E-state index is 11.8. The molecule has 2 rings (SSSR count). The van der Waals surface area contributed by atoms with Crippen molar-refractivity contribution in [2.45, 2.75) is 15.5 Å². The molecule has 1 aliphatic rings. The van der Waals surface area contributed by atoms with E-state index in [1.807, 2.05) is 0 Å². The van der Waals surface area contributed by atoms with Crippen molar-refractivity contribution in [3.05, 3.63) is 35.9 Å². The van der Waals surface area contributed by atoms with E-state index >= 15 is 0 Å². The average Bonchev–Trinajstić information content (AvgIpc) is 2.98. The summed E-state index contributed by atoms with van der Waals surface area (Å²) >= 11 is 17.7. The molecular weight excluding hydrogens is 403 g/mol. The molecule has 1 saturated heterocycles. The van der Waals surface area contributed by atoms with Gasteiger partial charge in [-0.3, -0.25) is 0 Å². The summed E-state index contributed by atoms with van der Waals surface area (Å²) in [5, 5.41) is 0. The minimum Gasteiger partial charge on any atom is -0.458 e. The van der Waals surface area contributed by atoms with E-state index in [4.69, 9.17) is 49.0 Å². The molecule has 0 N–H and O–H groups in total. The molecule has 0 aromatic heterocycles. The fourth-order valence-electron chi connectivity index (χ4n) is 1.67. The quantitative estimate of drug-likeness (QED) is 0.535. The highest BCUT2D eigenvalue weighted by atomic mass is 35.6. The number of benzene rings is 1. The standard InChI is InChI=1S/C14H13Cl3O6S/c15-14(16,17)8-21-13(19)23-10-7-24-11(22-10)6-20-12(18)9-4-2-1-3-5-9/h1-5,10-11H,6-8H2/t10-,11+/m1/s1. The van der Waals surface area contributed by atoms with E-state index in [9.17, 15) is 9.59 Å². The molecule has 132 valence electrons. The largest absolute Gasteiger partial charge is 0.510 e. The van der Waals surface area contributed by atoms with Crippen molar-refractivity contribution in [1.82, 2.24) is 0 Å². The van der Waals surface area contributed by atoms with E-state index in [2.05, 4.69) is 4.74 Å². The van der Waals surface area contributed by atoms with E-state index in [-0.39, 0.29) is 6.61 Å². The first kappa shape index (κ1) is 19.5. The predicted octanol–water partition coefficient (Wildman–Crippen LogP) is 3.78. The van der Waals surface area contributed by atoms with Crippen LogP contribution in [0.1, 0.15) is 10.4 Å². The van der Waals surface area contributed by atoms with Crippen LogP contribution in [0.4, 0.5) is 4.79 Å². The first-order valence-electron chi connectivity index (χ1n) is 6.73. The van der Waals surface area contributed by atoms with Crippen LogP contribution >= 0.6 is 46.6 Å². The second-order valence-electron chi connectivity index (χ2n) is 4.56. The lowest BCUT2D eigenvalue weighted by molar-refractivity contribution is -0.114. The summed E-state index contributed by atoms with van der Waals surface area (Å²) in [6.07, 6.45) is -1.83. The molecular formula is C14H13Cl3O6S. The first-order valence-corrected chi connectivity index (χ1v) is 8.91. The third kappa shape index (κ3) is 6.94. The Morgan fingerprint density at radius 1 is 1.21 bits per heavy atom. The first-order chi connectivity index (χ1) is 11.3. The number of rotatable bonds is 5. The highest BCUT2D eigenvalue weighted by molar-refractivity contribution is 8.00. The van der Waals surface area contributed by atoms with Gasteiger partial charge in [0.1, 0.15) is 18.6 Å². The fraction of sp³-hybridized carbons (Fsp3) is 0.429. The van der Waals surface area contributed by atoms with Gasteiger partial charge in [0.05, 0.1) is 11.3 Å². The van der Waals surface area contributed by atoms with E-state index in [1.165, 1.54) is 11.8 Å². The van der Waals surface area contributed by atoms with Gasteiger partial charge in [0, 0.05) is 0 Å². The summed E-state index contributed by atoms with van der Waals surface area (Å²) in [5.41, 5.74) is 0.00668. The Hall–Kier alpha value is -0.860. The maximum Gasteiger partial charge on any atom is 0.510 e. The molecule has 0 bridgehead atoms.